The summed E-state index contributed by atoms with van der Waals surface area (Å²) in [6.45, 7) is 6.79. The number of rotatable bonds is 4. The Hall–Kier alpha value is 0.140. The molecule has 1 fully saturated rings. The maximum atomic E-state index is 3.62. The summed E-state index contributed by atoms with van der Waals surface area (Å²) in [7, 11) is 0. The van der Waals surface area contributed by atoms with Gasteiger partial charge in [0.15, 0.2) is 0 Å². The van der Waals surface area contributed by atoms with Gasteiger partial charge in [-0.05, 0) is 60.1 Å². The summed E-state index contributed by atoms with van der Waals surface area (Å²) in [5.74, 6) is 1.84. The zero-order valence-electron chi connectivity index (χ0n) is 10.8. The van der Waals surface area contributed by atoms with E-state index < -0.39 is 0 Å². The largest absolute Gasteiger partial charge is 0.312 e. The van der Waals surface area contributed by atoms with Crippen molar-refractivity contribution in [3.8, 4) is 0 Å². The Morgan fingerprint density at radius 2 is 2.29 bits per heavy atom. The molecule has 1 aromatic heterocycles. The summed E-state index contributed by atoms with van der Waals surface area (Å²) in [6.07, 6.45) is 5.70. The SMILES string of the molecule is Cc1sc(CNCC2CCCC(C)C2)cc1Br. The van der Waals surface area contributed by atoms with Crippen LogP contribution in [0.3, 0.4) is 0 Å². The Bertz CT molecular complexity index is 342. The van der Waals surface area contributed by atoms with Crippen molar-refractivity contribution in [1.82, 2.24) is 5.32 Å². The van der Waals surface area contributed by atoms with Gasteiger partial charge in [0.1, 0.15) is 0 Å². The average molecular weight is 316 g/mol. The lowest BCUT2D eigenvalue weighted by Gasteiger charge is -2.26. The minimum atomic E-state index is 0.906. The van der Waals surface area contributed by atoms with Crippen LogP contribution in [-0.2, 0) is 6.54 Å². The Morgan fingerprint density at radius 1 is 1.47 bits per heavy atom. The molecule has 2 rings (SSSR count). The highest BCUT2D eigenvalue weighted by Gasteiger charge is 2.18. The van der Waals surface area contributed by atoms with E-state index in [1.807, 2.05) is 11.3 Å². The van der Waals surface area contributed by atoms with Gasteiger partial charge in [0.25, 0.3) is 0 Å². The number of hydrogen-bond acceptors (Lipinski definition) is 2. The van der Waals surface area contributed by atoms with E-state index in [0.29, 0.717) is 0 Å². The first-order chi connectivity index (χ1) is 8.15. The van der Waals surface area contributed by atoms with Crippen molar-refractivity contribution in [3.63, 3.8) is 0 Å². The summed E-state index contributed by atoms with van der Waals surface area (Å²) in [5.41, 5.74) is 0. The molecule has 3 heteroatoms. The van der Waals surface area contributed by atoms with Crippen molar-refractivity contribution < 1.29 is 0 Å². The second-order valence-electron chi connectivity index (χ2n) is 5.39. The fourth-order valence-corrected chi connectivity index (χ4v) is 4.32. The fraction of sp³-hybridized carbons (Fsp3) is 0.714. The first-order valence-electron chi connectivity index (χ1n) is 6.60. The molecule has 0 spiro atoms. The van der Waals surface area contributed by atoms with Crippen molar-refractivity contribution >= 4 is 27.3 Å². The molecule has 0 radical (unpaired) electrons. The van der Waals surface area contributed by atoms with Crippen LogP contribution in [0.4, 0.5) is 0 Å². The van der Waals surface area contributed by atoms with Gasteiger partial charge >= 0.3 is 0 Å². The van der Waals surface area contributed by atoms with Gasteiger partial charge in [-0.1, -0.05) is 19.8 Å². The summed E-state index contributed by atoms with van der Waals surface area (Å²) in [6, 6.07) is 2.25. The third kappa shape index (κ3) is 4.08. The molecule has 0 bridgehead atoms. The summed E-state index contributed by atoms with van der Waals surface area (Å²) < 4.78 is 1.26. The highest BCUT2D eigenvalue weighted by atomic mass is 79.9. The second kappa shape index (κ2) is 6.35. The molecule has 1 aliphatic rings. The van der Waals surface area contributed by atoms with Gasteiger partial charge in [-0.25, -0.2) is 0 Å². The molecule has 1 heterocycles. The number of halogens is 1. The van der Waals surface area contributed by atoms with Crippen LogP contribution in [0.1, 0.15) is 42.4 Å². The van der Waals surface area contributed by atoms with Crippen LogP contribution < -0.4 is 5.32 Å². The van der Waals surface area contributed by atoms with Gasteiger partial charge in [0, 0.05) is 20.8 Å². The maximum Gasteiger partial charge on any atom is 0.0314 e. The minimum absolute atomic E-state index is 0.906. The predicted molar refractivity (Wildman–Crippen MR) is 79.6 cm³/mol. The molecular formula is C14H22BrNS. The van der Waals surface area contributed by atoms with Gasteiger partial charge in [0.05, 0.1) is 0 Å². The summed E-state index contributed by atoms with van der Waals surface area (Å²) in [5, 5.41) is 3.62. The van der Waals surface area contributed by atoms with E-state index in [1.54, 1.807) is 0 Å². The minimum Gasteiger partial charge on any atom is -0.312 e. The van der Waals surface area contributed by atoms with E-state index in [9.17, 15) is 0 Å². The van der Waals surface area contributed by atoms with Crippen molar-refractivity contribution in [2.45, 2.75) is 46.1 Å². The summed E-state index contributed by atoms with van der Waals surface area (Å²) in [4.78, 5) is 2.83. The number of nitrogens with one attached hydrogen (secondary N) is 1. The highest BCUT2D eigenvalue weighted by Crippen LogP contribution is 2.29. The van der Waals surface area contributed by atoms with Gasteiger partial charge in [-0.3, -0.25) is 0 Å². The molecule has 1 aromatic rings. The van der Waals surface area contributed by atoms with E-state index in [4.69, 9.17) is 0 Å². The molecule has 0 saturated heterocycles. The molecule has 2 atom stereocenters. The average Bonchev–Trinajstić information content (AvgIpc) is 2.58. The van der Waals surface area contributed by atoms with Gasteiger partial charge in [0.2, 0.25) is 0 Å². The number of hydrogen-bond donors (Lipinski definition) is 1. The molecule has 0 aliphatic heterocycles. The predicted octanol–water partition coefficient (Wildman–Crippen LogP) is 4.73. The quantitative estimate of drug-likeness (QED) is 0.846. The van der Waals surface area contributed by atoms with Crippen LogP contribution in [0.15, 0.2) is 10.5 Å². The highest BCUT2D eigenvalue weighted by molar-refractivity contribution is 9.10. The van der Waals surface area contributed by atoms with Crippen molar-refractivity contribution in [2.24, 2.45) is 11.8 Å². The van der Waals surface area contributed by atoms with Gasteiger partial charge in [-0.2, -0.15) is 0 Å². The fourth-order valence-electron chi connectivity index (χ4n) is 2.75. The van der Waals surface area contributed by atoms with Crippen LogP contribution in [-0.4, -0.2) is 6.54 Å². The Morgan fingerprint density at radius 3 is 2.94 bits per heavy atom. The normalized spacial score (nSPS) is 25.1. The van der Waals surface area contributed by atoms with Crippen LogP contribution in [0.2, 0.25) is 0 Å². The van der Waals surface area contributed by atoms with Crippen molar-refractivity contribution in [3.05, 3.63) is 20.3 Å². The van der Waals surface area contributed by atoms with Gasteiger partial charge < -0.3 is 5.32 Å². The molecule has 1 N–H and O–H groups in total. The Kier molecular flexibility index (Phi) is 5.07. The molecule has 0 aromatic carbocycles. The molecular weight excluding hydrogens is 294 g/mol. The van der Waals surface area contributed by atoms with Crippen LogP contribution in [0, 0.1) is 18.8 Å². The lowest BCUT2D eigenvalue weighted by Crippen LogP contribution is -2.26. The van der Waals surface area contributed by atoms with Crippen LogP contribution >= 0.6 is 27.3 Å². The van der Waals surface area contributed by atoms with E-state index in [2.05, 4.69) is 41.2 Å². The van der Waals surface area contributed by atoms with E-state index in [1.165, 1.54) is 46.5 Å². The molecule has 1 aliphatic carbocycles. The number of aryl methyl sites for hydroxylation is 1. The monoisotopic (exact) mass is 315 g/mol. The van der Waals surface area contributed by atoms with E-state index in [0.717, 1.165) is 18.4 Å². The maximum absolute atomic E-state index is 3.62. The first kappa shape index (κ1) is 13.6. The molecule has 0 amide bonds. The molecule has 2 unspecified atom stereocenters. The lowest BCUT2D eigenvalue weighted by molar-refractivity contribution is 0.274. The van der Waals surface area contributed by atoms with Crippen molar-refractivity contribution in [1.29, 1.82) is 0 Å². The molecule has 1 saturated carbocycles. The van der Waals surface area contributed by atoms with Crippen LogP contribution in [0.25, 0.3) is 0 Å². The Labute approximate surface area is 117 Å². The van der Waals surface area contributed by atoms with Gasteiger partial charge in [-0.15, -0.1) is 11.3 Å². The molecule has 17 heavy (non-hydrogen) atoms. The Balaban J connectivity index is 1.72. The van der Waals surface area contributed by atoms with Crippen molar-refractivity contribution in [2.75, 3.05) is 6.54 Å². The summed E-state index contributed by atoms with van der Waals surface area (Å²) >= 11 is 5.47. The topological polar surface area (TPSA) is 12.0 Å². The third-order valence-corrected chi connectivity index (χ3v) is 5.82. The zero-order chi connectivity index (χ0) is 12.3. The number of thiophene rings is 1. The van der Waals surface area contributed by atoms with E-state index in [-0.39, 0.29) is 0 Å². The van der Waals surface area contributed by atoms with Crippen LogP contribution in [0.5, 0.6) is 0 Å². The molecule has 96 valence electrons. The standard InChI is InChI=1S/C14H22BrNS/c1-10-4-3-5-12(6-10)8-16-9-13-7-14(15)11(2)17-13/h7,10,12,16H,3-6,8-9H2,1-2H3. The zero-order valence-corrected chi connectivity index (χ0v) is 13.2. The smallest absolute Gasteiger partial charge is 0.0314 e. The van der Waals surface area contributed by atoms with E-state index >= 15 is 0 Å². The second-order valence-corrected chi connectivity index (χ2v) is 7.58. The lowest BCUT2D eigenvalue weighted by atomic mass is 9.82. The third-order valence-electron chi connectivity index (χ3n) is 3.69. The molecule has 1 nitrogen and oxygen atoms in total. The first-order valence-corrected chi connectivity index (χ1v) is 8.21.